The maximum absolute atomic E-state index is 11.9. The van der Waals surface area contributed by atoms with Gasteiger partial charge in [-0.05, 0) is 37.3 Å². The molecule has 0 spiro atoms. The quantitative estimate of drug-likeness (QED) is 0.811. The number of amides is 1. The molecule has 0 bridgehead atoms. The molecule has 0 aromatic heterocycles. The van der Waals surface area contributed by atoms with Crippen LogP contribution in [0.15, 0.2) is 24.3 Å². The molecule has 0 radical (unpaired) electrons. The highest BCUT2D eigenvalue weighted by Crippen LogP contribution is 2.15. The van der Waals surface area contributed by atoms with Gasteiger partial charge in [-0.15, -0.1) is 0 Å². The van der Waals surface area contributed by atoms with Crippen LogP contribution in [0.25, 0.3) is 0 Å². The molecule has 0 unspecified atom stereocenters. The summed E-state index contributed by atoms with van der Waals surface area (Å²) >= 11 is 1.83. The SMILES string of the molecule is CCSCc1ccc(C(=O)NCC(C)(C)C(=O)O)cc1. The summed E-state index contributed by atoms with van der Waals surface area (Å²) in [6, 6.07) is 7.41. The number of rotatable bonds is 7. The van der Waals surface area contributed by atoms with Crippen molar-refractivity contribution in [3.05, 3.63) is 35.4 Å². The van der Waals surface area contributed by atoms with Crippen molar-refractivity contribution in [2.24, 2.45) is 5.41 Å². The third-order valence-electron chi connectivity index (χ3n) is 2.96. The monoisotopic (exact) mass is 295 g/mol. The fourth-order valence-electron chi connectivity index (χ4n) is 1.45. The highest BCUT2D eigenvalue weighted by Gasteiger charge is 2.27. The van der Waals surface area contributed by atoms with E-state index in [-0.39, 0.29) is 12.5 Å². The lowest BCUT2D eigenvalue weighted by Gasteiger charge is -2.19. The molecule has 0 aliphatic heterocycles. The Morgan fingerprint density at radius 1 is 1.25 bits per heavy atom. The molecule has 0 saturated carbocycles. The number of carboxylic acids is 1. The topological polar surface area (TPSA) is 66.4 Å². The zero-order valence-corrected chi connectivity index (χ0v) is 12.9. The maximum Gasteiger partial charge on any atom is 0.310 e. The van der Waals surface area contributed by atoms with Crippen LogP contribution in [-0.4, -0.2) is 29.3 Å². The number of thioether (sulfide) groups is 1. The van der Waals surface area contributed by atoms with Crippen molar-refractivity contribution in [3.8, 4) is 0 Å². The van der Waals surface area contributed by atoms with Gasteiger partial charge >= 0.3 is 5.97 Å². The smallest absolute Gasteiger partial charge is 0.310 e. The van der Waals surface area contributed by atoms with Gasteiger partial charge in [0.25, 0.3) is 5.91 Å². The summed E-state index contributed by atoms with van der Waals surface area (Å²) in [4.78, 5) is 22.9. The van der Waals surface area contributed by atoms with Gasteiger partial charge in [-0.1, -0.05) is 19.1 Å². The number of carboxylic acid groups (broad SMARTS) is 1. The number of benzene rings is 1. The summed E-state index contributed by atoms with van der Waals surface area (Å²) in [6.45, 7) is 5.38. The zero-order chi connectivity index (χ0) is 15.2. The summed E-state index contributed by atoms with van der Waals surface area (Å²) < 4.78 is 0. The van der Waals surface area contributed by atoms with Gasteiger partial charge in [0.15, 0.2) is 0 Å². The molecule has 1 aromatic carbocycles. The van der Waals surface area contributed by atoms with Crippen molar-refractivity contribution < 1.29 is 14.7 Å². The van der Waals surface area contributed by atoms with E-state index in [2.05, 4.69) is 12.2 Å². The Morgan fingerprint density at radius 3 is 2.35 bits per heavy atom. The van der Waals surface area contributed by atoms with Gasteiger partial charge in [0.05, 0.1) is 5.41 Å². The Morgan fingerprint density at radius 2 is 1.85 bits per heavy atom. The van der Waals surface area contributed by atoms with Crippen molar-refractivity contribution >= 4 is 23.6 Å². The molecule has 0 aliphatic carbocycles. The second-order valence-electron chi connectivity index (χ2n) is 5.21. The summed E-state index contributed by atoms with van der Waals surface area (Å²) in [5.74, 6) is 0.829. The van der Waals surface area contributed by atoms with Gasteiger partial charge in [0.2, 0.25) is 0 Å². The largest absolute Gasteiger partial charge is 0.481 e. The van der Waals surface area contributed by atoms with Crippen LogP contribution in [0.2, 0.25) is 0 Å². The van der Waals surface area contributed by atoms with Crippen molar-refractivity contribution in [3.63, 3.8) is 0 Å². The Hall–Kier alpha value is -1.49. The first kappa shape index (κ1) is 16.6. The number of aliphatic carboxylic acids is 1. The minimum absolute atomic E-state index is 0.106. The van der Waals surface area contributed by atoms with E-state index in [9.17, 15) is 9.59 Å². The first-order valence-corrected chi connectivity index (χ1v) is 7.70. The first-order valence-electron chi connectivity index (χ1n) is 6.55. The molecule has 0 fully saturated rings. The van der Waals surface area contributed by atoms with Crippen LogP contribution in [0.3, 0.4) is 0 Å². The Labute approximate surface area is 124 Å². The third kappa shape index (κ3) is 4.89. The molecule has 1 amide bonds. The van der Waals surface area contributed by atoms with Crippen molar-refractivity contribution in [2.45, 2.75) is 26.5 Å². The van der Waals surface area contributed by atoms with Crippen LogP contribution in [0.5, 0.6) is 0 Å². The van der Waals surface area contributed by atoms with Gasteiger partial charge in [0, 0.05) is 17.9 Å². The van der Waals surface area contributed by atoms with Crippen LogP contribution in [-0.2, 0) is 10.5 Å². The molecule has 1 rings (SSSR count). The molecule has 110 valence electrons. The zero-order valence-electron chi connectivity index (χ0n) is 12.1. The Kier molecular flexibility index (Phi) is 6.07. The van der Waals surface area contributed by atoms with Gasteiger partial charge in [-0.3, -0.25) is 9.59 Å². The second-order valence-corrected chi connectivity index (χ2v) is 6.48. The maximum atomic E-state index is 11.9. The Bertz CT molecular complexity index is 469. The van der Waals surface area contributed by atoms with E-state index in [1.54, 1.807) is 26.0 Å². The first-order chi connectivity index (χ1) is 9.36. The predicted molar refractivity (Wildman–Crippen MR) is 82.0 cm³/mol. The summed E-state index contributed by atoms with van der Waals surface area (Å²) in [5.41, 5.74) is 0.767. The van der Waals surface area contributed by atoms with E-state index >= 15 is 0 Å². The van der Waals surface area contributed by atoms with Gasteiger partial charge in [0.1, 0.15) is 0 Å². The molecule has 20 heavy (non-hydrogen) atoms. The van der Waals surface area contributed by atoms with E-state index in [0.717, 1.165) is 11.5 Å². The standard InChI is InChI=1S/C15H21NO3S/c1-4-20-9-11-5-7-12(8-6-11)13(17)16-10-15(2,3)14(18)19/h5-8H,4,9-10H2,1-3H3,(H,16,17)(H,18,19). The molecular formula is C15H21NO3S. The van der Waals surface area contributed by atoms with Crippen molar-refractivity contribution in [1.29, 1.82) is 0 Å². The molecule has 0 atom stereocenters. The van der Waals surface area contributed by atoms with Crippen molar-refractivity contribution in [2.75, 3.05) is 12.3 Å². The second kappa shape index (κ2) is 7.33. The van der Waals surface area contributed by atoms with Crippen LogP contribution in [0.1, 0.15) is 36.7 Å². The number of hydrogen-bond donors (Lipinski definition) is 2. The van der Waals surface area contributed by atoms with E-state index in [1.807, 2.05) is 23.9 Å². The van der Waals surface area contributed by atoms with Gasteiger partial charge in [-0.2, -0.15) is 11.8 Å². The van der Waals surface area contributed by atoms with Crippen LogP contribution in [0, 0.1) is 5.41 Å². The molecule has 1 aromatic rings. The molecule has 2 N–H and O–H groups in total. The molecule has 0 saturated heterocycles. The highest BCUT2D eigenvalue weighted by atomic mass is 32.2. The van der Waals surface area contributed by atoms with Crippen LogP contribution >= 0.6 is 11.8 Å². The lowest BCUT2D eigenvalue weighted by molar-refractivity contribution is -0.146. The fraction of sp³-hybridized carbons (Fsp3) is 0.467. The van der Waals surface area contributed by atoms with E-state index in [1.165, 1.54) is 5.56 Å². The summed E-state index contributed by atoms with van der Waals surface area (Å²) in [7, 11) is 0. The molecule has 4 nitrogen and oxygen atoms in total. The Balaban J connectivity index is 2.58. The normalized spacial score (nSPS) is 11.2. The van der Waals surface area contributed by atoms with Crippen LogP contribution in [0.4, 0.5) is 0 Å². The number of carbonyl (C=O) groups excluding carboxylic acids is 1. The highest BCUT2D eigenvalue weighted by molar-refractivity contribution is 7.98. The van der Waals surface area contributed by atoms with Crippen molar-refractivity contribution in [1.82, 2.24) is 5.32 Å². The van der Waals surface area contributed by atoms with E-state index in [0.29, 0.717) is 5.56 Å². The lowest BCUT2D eigenvalue weighted by atomic mass is 9.94. The average molecular weight is 295 g/mol. The third-order valence-corrected chi connectivity index (χ3v) is 3.90. The fourth-order valence-corrected chi connectivity index (χ4v) is 2.08. The van der Waals surface area contributed by atoms with Gasteiger partial charge < -0.3 is 10.4 Å². The van der Waals surface area contributed by atoms with E-state index < -0.39 is 11.4 Å². The predicted octanol–water partition coefficient (Wildman–Crippen LogP) is 2.78. The summed E-state index contributed by atoms with van der Waals surface area (Å²) in [5, 5.41) is 11.6. The molecular weight excluding hydrogens is 274 g/mol. The number of hydrogen-bond acceptors (Lipinski definition) is 3. The average Bonchev–Trinajstić information content (AvgIpc) is 2.43. The van der Waals surface area contributed by atoms with E-state index in [4.69, 9.17) is 5.11 Å². The molecule has 5 heteroatoms. The minimum atomic E-state index is -0.965. The number of nitrogens with one attached hydrogen (secondary N) is 1. The van der Waals surface area contributed by atoms with Gasteiger partial charge in [-0.25, -0.2) is 0 Å². The lowest BCUT2D eigenvalue weighted by Crippen LogP contribution is -2.38. The molecule has 0 heterocycles. The molecule has 0 aliphatic rings. The minimum Gasteiger partial charge on any atom is -0.481 e. The summed E-state index contributed by atoms with van der Waals surface area (Å²) in [6.07, 6.45) is 0. The number of carbonyl (C=O) groups is 2. The van der Waals surface area contributed by atoms with Crippen LogP contribution < -0.4 is 5.32 Å².